The average Bonchev–Trinajstić information content (AvgIpc) is 3.40. The van der Waals surface area contributed by atoms with E-state index in [2.05, 4.69) is 44.4 Å². The number of imide groups is 1. The molecule has 6 rings (SSSR count). The molecular formula is C34H45N7O6S. The van der Waals surface area contributed by atoms with Gasteiger partial charge in [0.25, 0.3) is 0 Å². The highest BCUT2D eigenvalue weighted by atomic mass is 32.2. The third-order valence-electron chi connectivity index (χ3n) is 9.88. The Bertz CT molecular complexity index is 1780. The number of likely N-dealkylation sites (tertiary alicyclic amines) is 1. The molecular weight excluding hydrogens is 634 g/mol. The van der Waals surface area contributed by atoms with Gasteiger partial charge in [-0.15, -0.1) is 0 Å². The number of hydrogen-bond acceptors (Lipinski definition) is 8. The number of nitrogens with zero attached hydrogens (tertiary/aromatic N) is 5. The SMILES string of the molecule is COC(=O)NC1CCN(S(=O)(=O)c2cccc(CC(C)CN3CCC(c4ccc5c(N6CCC(=O)NC6=O)nn(C)c5c4)CC3)c2)CC1. The van der Waals surface area contributed by atoms with Gasteiger partial charge in [-0.05, 0) is 92.4 Å². The molecule has 4 amide bonds. The Labute approximate surface area is 281 Å². The molecule has 2 N–H and O–H groups in total. The van der Waals surface area contributed by atoms with Crippen molar-refractivity contribution in [2.45, 2.75) is 62.3 Å². The highest BCUT2D eigenvalue weighted by Gasteiger charge is 2.31. The first-order valence-electron chi connectivity index (χ1n) is 16.8. The highest BCUT2D eigenvalue weighted by molar-refractivity contribution is 7.89. The molecule has 3 aliphatic heterocycles. The number of methoxy groups -OCH3 is 1. The van der Waals surface area contributed by atoms with Crippen molar-refractivity contribution in [3.8, 4) is 0 Å². The Morgan fingerprint density at radius 1 is 1.04 bits per heavy atom. The Morgan fingerprint density at radius 2 is 1.79 bits per heavy atom. The monoisotopic (exact) mass is 679 g/mol. The summed E-state index contributed by atoms with van der Waals surface area (Å²) in [6.07, 6.45) is 3.72. The number of rotatable bonds is 9. The molecule has 3 aromatic rings. The second-order valence-corrected chi connectivity index (χ2v) is 15.3. The zero-order valence-electron chi connectivity index (χ0n) is 27.9. The van der Waals surface area contributed by atoms with E-state index < -0.39 is 22.1 Å². The third-order valence-corrected chi connectivity index (χ3v) is 11.8. The van der Waals surface area contributed by atoms with Gasteiger partial charge < -0.3 is 15.0 Å². The molecule has 3 aliphatic rings. The fourth-order valence-electron chi connectivity index (χ4n) is 7.28. The minimum absolute atomic E-state index is 0.0932. The molecule has 0 aliphatic carbocycles. The number of carbonyl (C=O) groups excluding carboxylic acids is 3. The number of fused-ring (bicyclic) bond motifs is 1. The van der Waals surface area contributed by atoms with Gasteiger partial charge in [0, 0.05) is 51.1 Å². The van der Waals surface area contributed by atoms with Crippen LogP contribution in [0.25, 0.3) is 10.9 Å². The van der Waals surface area contributed by atoms with Crippen molar-refractivity contribution in [1.82, 2.24) is 29.6 Å². The molecule has 0 bridgehead atoms. The van der Waals surface area contributed by atoms with Crippen molar-refractivity contribution in [3.63, 3.8) is 0 Å². The number of sulfonamides is 1. The summed E-state index contributed by atoms with van der Waals surface area (Å²) >= 11 is 0. The van der Waals surface area contributed by atoms with E-state index in [-0.39, 0.29) is 18.4 Å². The van der Waals surface area contributed by atoms with Crippen LogP contribution >= 0.6 is 0 Å². The number of benzene rings is 2. The van der Waals surface area contributed by atoms with Crippen LogP contribution in [0.4, 0.5) is 15.4 Å². The number of urea groups is 1. The van der Waals surface area contributed by atoms with E-state index in [0.717, 1.165) is 55.4 Å². The smallest absolute Gasteiger partial charge is 0.407 e. The lowest BCUT2D eigenvalue weighted by molar-refractivity contribution is -0.120. The van der Waals surface area contributed by atoms with Crippen LogP contribution in [-0.2, 0) is 33.0 Å². The maximum Gasteiger partial charge on any atom is 0.407 e. The van der Waals surface area contributed by atoms with Crippen molar-refractivity contribution >= 4 is 44.8 Å². The van der Waals surface area contributed by atoms with Gasteiger partial charge in [-0.2, -0.15) is 9.40 Å². The van der Waals surface area contributed by atoms with Gasteiger partial charge >= 0.3 is 12.1 Å². The van der Waals surface area contributed by atoms with Gasteiger partial charge in [0.05, 0.1) is 17.5 Å². The molecule has 13 nitrogen and oxygen atoms in total. The summed E-state index contributed by atoms with van der Waals surface area (Å²) in [4.78, 5) is 39.9. The summed E-state index contributed by atoms with van der Waals surface area (Å²) in [7, 11) is -0.421. The average molecular weight is 680 g/mol. The third kappa shape index (κ3) is 7.35. The molecule has 0 radical (unpaired) electrons. The predicted molar refractivity (Wildman–Crippen MR) is 181 cm³/mol. The normalized spacial score (nSPS) is 19.8. The molecule has 3 saturated heterocycles. The number of alkyl carbamates (subject to hydrolysis) is 1. The van der Waals surface area contributed by atoms with Gasteiger partial charge in [0.15, 0.2) is 5.82 Å². The summed E-state index contributed by atoms with van der Waals surface area (Å²) in [6.45, 7) is 6.16. The minimum Gasteiger partial charge on any atom is -0.453 e. The Hall–Kier alpha value is -4.01. The fraction of sp³-hybridized carbons (Fsp3) is 0.529. The topological polar surface area (TPSA) is 146 Å². The molecule has 258 valence electrons. The number of amides is 4. The maximum absolute atomic E-state index is 13.4. The summed E-state index contributed by atoms with van der Waals surface area (Å²) in [5.74, 6) is 1.09. The molecule has 4 heterocycles. The maximum atomic E-state index is 13.4. The first-order chi connectivity index (χ1) is 23.0. The quantitative estimate of drug-likeness (QED) is 0.349. The number of carbonyl (C=O) groups is 3. The van der Waals surface area contributed by atoms with Gasteiger partial charge in [0.1, 0.15) is 0 Å². The van der Waals surface area contributed by atoms with Gasteiger partial charge in [-0.25, -0.2) is 18.0 Å². The number of aromatic nitrogens is 2. The van der Waals surface area contributed by atoms with Crippen molar-refractivity contribution in [1.29, 1.82) is 0 Å². The molecule has 2 aromatic carbocycles. The van der Waals surface area contributed by atoms with E-state index in [1.165, 1.54) is 21.9 Å². The van der Waals surface area contributed by atoms with Gasteiger partial charge in [-0.1, -0.05) is 25.1 Å². The van der Waals surface area contributed by atoms with Crippen LogP contribution in [0.2, 0.25) is 0 Å². The van der Waals surface area contributed by atoms with Crippen molar-refractivity contribution < 1.29 is 27.5 Å². The highest BCUT2D eigenvalue weighted by Crippen LogP contribution is 2.34. The van der Waals surface area contributed by atoms with Crippen LogP contribution in [0.15, 0.2) is 47.4 Å². The summed E-state index contributed by atoms with van der Waals surface area (Å²) in [5, 5.41) is 10.7. The van der Waals surface area contributed by atoms with Crippen LogP contribution in [0.1, 0.15) is 56.1 Å². The van der Waals surface area contributed by atoms with Crippen molar-refractivity contribution in [3.05, 3.63) is 53.6 Å². The zero-order chi connectivity index (χ0) is 34.0. The Balaban J connectivity index is 1.01. The van der Waals surface area contributed by atoms with E-state index in [0.29, 0.717) is 55.0 Å². The van der Waals surface area contributed by atoms with Crippen LogP contribution in [-0.4, -0.2) is 97.9 Å². The second-order valence-electron chi connectivity index (χ2n) is 13.3. The van der Waals surface area contributed by atoms with E-state index in [1.54, 1.807) is 6.07 Å². The Morgan fingerprint density at radius 3 is 2.50 bits per heavy atom. The molecule has 0 spiro atoms. The fourth-order valence-corrected chi connectivity index (χ4v) is 8.82. The second kappa shape index (κ2) is 14.2. The summed E-state index contributed by atoms with van der Waals surface area (Å²) < 4.78 is 34.9. The minimum atomic E-state index is -3.62. The molecule has 14 heteroatoms. The molecule has 1 atom stereocenters. The van der Waals surface area contributed by atoms with Crippen molar-refractivity contribution in [2.24, 2.45) is 13.0 Å². The largest absolute Gasteiger partial charge is 0.453 e. The number of piperidine rings is 2. The molecule has 1 unspecified atom stereocenters. The molecule has 3 fully saturated rings. The van der Waals surface area contributed by atoms with Gasteiger partial charge in [-0.3, -0.25) is 19.7 Å². The number of nitrogens with one attached hydrogen (secondary N) is 2. The van der Waals surface area contributed by atoms with E-state index >= 15 is 0 Å². The lowest BCUT2D eigenvalue weighted by Crippen LogP contribution is -2.49. The standard InChI is InChI=1S/C34H45N7O6S/c1-23(19-24-5-4-6-28(20-24)48(45,46)40-16-11-27(12-17-40)35-34(44)47-3)22-39-14-9-25(10-15-39)26-7-8-29-30(21-26)38(2)37-32(29)41-18-13-31(42)36-33(41)43/h4-8,20-21,23,25,27H,9-19,22H2,1-3H3,(H,35,44)(H,36,42,43). The van der Waals surface area contributed by atoms with Crippen LogP contribution in [0.3, 0.4) is 0 Å². The van der Waals surface area contributed by atoms with Crippen LogP contribution in [0, 0.1) is 5.92 Å². The zero-order valence-corrected chi connectivity index (χ0v) is 28.7. The summed E-state index contributed by atoms with van der Waals surface area (Å²) in [6, 6.07) is 13.2. The molecule has 48 heavy (non-hydrogen) atoms. The number of hydrogen-bond donors (Lipinski definition) is 2. The first kappa shape index (κ1) is 33.9. The van der Waals surface area contributed by atoms with E-state index in [1.807, 2.05) is 36.0 Å². The van der Waals surface area contributed by atoms with Crippen molar-refractivity contribution in [2.75, 3.05) is 51.3 Å². The predicted octanol–water partition coefficient (Wildman–Crippen LogP) is 3.59. The Kier molecular flexibility index (Phi) is 10.0. The van der Waals surface area contributed by atoms with Gasteiger partial charge in [0.2, 0.25) is 15.9 Å². The molecule has 0 saturated carbocycles. The van der Waals surface area contributed by atoms with E-state index in [4.69, 9.17) is 0 Å². The van der Waals surface area contributed by atoms with Crippen LogP contribution < -0.4 is 15.5 Å². The number of ether oxygens (including phenoxy) is 1. The first-order valence-corrected chi connectivity index (χ1v) is 18.2. The van der Waals surface area contributed by atoms with E-state index in [9.17, 15) is 22.8 Å². The molecule has 1 aromatic heterocycles. The lowest BCUT2D eigenvalue weighted by Gasteiger charge is -2.34. The number of aryl methyl sites for hydroxylation is 1. The lowest BCUT2D eigenvalue weighted by atomic mass is 9.88. The summed E-state index contributed by atoms with van der Waals surface area (Å²) in [5.41, 5.74) is 3.25. The van der Waals surface area contributed by atoms with Crippen LogP contribution in [0.5, 0.6) is 0 Å². The number of anilines is 1.